The van der Waals surface area contributed by atoms with E-state index in [0.29, 0.717) is 5.56 Å². The Bertz CT molecular complexity index is 973. The molecule has 0 atom stereocenters. The summed E-state index contributed by atoms with van der Waals surface area (Å²) in [5.41, 5.74) is -0.316. The zero-order chi connectivity index (χ0) is 21.1. The van der Waals surface area contributed by atoms with Crippen molar-refractivity contribution >= 4 is 21.6 Å². The van der Waals surface area contributed by atoms with Crippen molar-refractivity contribution in [1.29, 1.82) is 0 Å². The summed E-state index contributed by atoms with van der Waals surface area (Å²) in [4.78, 5) is 12.1. The number of hydrogen-bond donors (Lipinski definition) is 1. The Labute approximate surface area is 161 Å². The number of aryl methyl sites for hydroxylation is 1. The number of sulfonamides is 1. The van der Waals surface area contributed by atoms with Gasteiger partial charge in [-0.2, -0.15) is 13.2 Å². The van der Waals surface area contributed by atoms with Crippen LogP contribution in [-0.4, -0.2) is 39.3 Å². The topological polar surface area (TPSA) is 75.7 Å². The summed E-state index contributed by atoms with van der Waals surface area (Å²) in [5, 5.41) is 2.42. The van der Waals surface area contributed by atoms with Crippen molar-refractivity contribution in [2.75, 3.05) is 26.0 Å². The maximum absolute atomic E-state index is 12.9. The SMILES string of the molecule is Cc1ccc(NC(=O)COc2ccccc2C(F)(F)F)cc1S(=O)(=O)N(C)C. The Morgan fingerprint density at radius 3 is 2.39 bits per heavy atom. The number of para-hydroxylation sites is 1. The number of anilines is 1. The lowest BCUT2D eigenvalue weighted by molar-refractivity contribution is -0.139. The fourth-order valence-corrected chi connectivity index (χ4v) is 3.46. The minimum absolute atomic E-state index is 0.0126. The highest BCUT2D eigenvalue weighted by Gasteiger charge is 2.34. The lowest BCUT2D eigenvalue weighted by Gasteiger charge is -2.16. The molecule has 0 unspecified atom stereocenters. The molecule has 2 rings (SSSR count). The molecule has 1 amide bonds. The van der Waals surface area contributed by atoms with E-state index in [4.69, 9.17) is 4.74 Å². The summed E-state index contributed by atoms with van der Waals surface area (Å²) in [7, 11) is -0.956. The van der Waals surface area contributed by atoms with Crippen LogP contribution in [-0.2, 0) is 21.0 Å². The van der Waals surface area contributed by atoms with Gasteiger partial charge in [-0.1, -0.05) is 18.2 Å². The summed E-state index contributed by atoms with van der Waals surface area (Å²) in [6.45, 7) is 0.940. The van der Waals surface area contributed by atoms with Crippen molar-refractivity contribution in [3.63, 3.8) is 0 Å². The van der Waals surface area contributed by atoms with Gasteiger partial charge in [0.2, 0.25) is 10.0 Å². The molecule has 0 radical (unpaired) electrons. The Balaban J connectivity index is 2.13. The van der Waals surface area contributed by atoms with Gasteiger partial charge in [0.25, 0.3) is 5.91 Å². The number of benzene rings is 2. The van der Waals surface area contributed by atoms with Crippen LogP contribution in [0.25, 0.3) is 0 Å². The first-order chi connectivity index (χ1) is 12.9. The van der Waals surface area contributed by atoms with Crippen molar-refractivity contribution in [3.8, 4) is 5.75 Å². The van der Waals surface area contributed by atoms with Gasteiger partial charge < -0.3 is 10.1 Å². The molecule has 6 nitrogen and oxygen atoms in total. The van der Waals surface area contributed by atoms with E-state index < -0.39 is 40.0 Å². The normalized spacial score (nSPS) is 12.1. The molecule has 2 aromatic carbocycles. The van der Waals surface area contributed by atoms with E-state index in [1.807, 2.05) is 0 Å². The van der Waals surface area contributed by atoms with Gasteiger partial charge in [-0.15, -0.1) is 0 Å². The van der Waals surface area contributed by atoms with E-state index in [1.54, 1.807) is 6.92 Å². The summed E-state index contributed by atoms with van der Waals surface area (Å²) in [6.07, 6.45) is -4.61. The molecule has 1 N–H and O–H groups in total. The number of halogens is 3. The van der Waals surface area contributed by atoms with Gasteiger partial charge in [-0.3, -0.25) is 4.79 Å². The molecule has 0 aromatic heterocycles. The molecule has 0 spiro atoms. The highest BCUT2D eigenvalue weighted by atomic mass is 32.2. The van der Waals surface area contributed by atoms with E-state index in [-0.39, 0.29) is 10.6 Å². The lowest BCUT2D eigenvalue weighted by atomic mass is 10.2. The molecule has 2 aromatic rings. The smallest absolute Gasteiger partial charge is 0.419 e. The Hall–Kier alpha value is -2.59. The fourth-order valence-electron chi connectivity index (χ4n) is 2.32. The van der Waals surface area contributed by atoms with Crippen LogP contribution in [0.15, 0.2) is 47.4 Å². The summed E-state index contributed by atoms with van der Waals surface area (Å²) in [6, 6.07) is 8.84. The number of alkyl halides is 3. The zero-order valence-corrected chi connectivity index (χ0v) is 16.2. The number of carbonyl (C=O) groups is 1. The molecule has 0 saturated carbocycles. The summed E-state index contributed by atoms with van der Waals surface area (Å²) >= 11 is 0. The molecular formula is C18H19F3N2O4S. The van der Waals surface area contributed by atoms with Crippen LogP contribution in [0, 0.1) is 6.92 Å². The zero-order valence-electron chi connectivity index (χ0n) is 15.4. The molecule has 0 aliphatic heterocycles. The second kappa shape index (κ2) is 8.19. The Morgan fingerprint density at radius 1 is 1.14 bits per heavy atom. The summed E-state index contributed by atoms with van der Waals surface area (Å²) in [5.74, 6) is -1.20. The molecule has 0 aliphatic rings. The molecule has 0 bridgehead atoms. The Morgan fingerprint density at radius 2 is 1.79 bits per heavy atom. The maximum atomic E-state index is 12.9. The molecule has 0 aliphatic carbocycles. The van der Waals surface area contributed by atoms with E-state index in [1.165, 1.54) is 44.4 Å². The number of nitrogens with zero attached hydrogens (tertiary/aromatic N) is 1. The molecule has 0 fully saturated rings. The average molecular weight is 416 g/mol. The standard InChI is InChI=1S/C18H19F3N2O4S/c1-12-8-9-13(10-16(12)28(25,26)23(2)3)22-17(24)11-27-15-7-5-4-6-14(15)18(19,20)21/h4-10H,11H2,1-3H3,(H,22,24). The van der Waals surface area contributed by atoms with Gasteiger partial charge in [0.05, 0.1) is 10.5 Å². The van der Waals surface area contributed by atoms with Gasteiger partial charge in [-0.25, -0.2) is 12.7 Å². The molecular weight excluding hydrogens is 397 g/mol. The number of nitrogens with one attached hydrogen (secondary N) is 1. The molecule has 28 heavy (non-hydrogen) atoms. The van der Waals surface area contributed by atoms with E-state index >= 15 is 0 Å². The predicted octanol–water partition coefficient (Wildman–Crippen LogP) is 3.28. The van der Waals surface area contributed by atoms with Crippen molar-refractivity contribution in [3.05, 3.63) is 53.6 Å². The minimum Gasteiger partial charge on any atom is -0.483 e. The number of amides is 1. The van der Waals surface area contributed by atoms with Crippen LogP contribution >= 0.6 is 0 Å². The van der Waals surface area contributed by atoms with Gasteiger partial charge >= 0.3 is 6.18 Å². The van der Waals surface area contributed by atoms with E-state index in [9.17, 15) is 26.4 Å². The molecule has 0 heterocycles. The third-order valence-electron chi connectivity index (χ3n) is 3.78. The monoisotopic (exact) mass is 416 g/mol. The first-order valence-electron chi connectivity index (χ1n) is 8.05. The molecule has 10 heteroatoms. The average Bonchev–Trinajstić information content (AvgIpc) is 2.60. The largest absolute Gasteiger partial charge is 0.483 e. The van der Waals surface area contributed by atoms with Crippen molar-refractivity contribution < 1.29 is 31.1 Å². The van der Waals surface area contributed by atoms with Crippen molar-refractivity contribution in [2.45, 2.75) is 18.0 Å². The van der Waals surface area contributed by atoms with Gasteiger partial charge in [0.15, 0.2) is 6.61 Å². The van der Waals surface area contributed by atoms with Crippen molar-refractivity contribution in [1.82, 2.24) is 4.31 Å². The highest BCUT2D eigenvalue weighted by Crippen LogP contribution is 2.35. The maximum Gasteiger partial charge on any atom is 0.419 e. The number of ether oxygens (including phenoxy) is 1. The van der Waals surface area contributed by atoms with Crippen LogP contribution in [0.5, 0.6) is 5.75 Å². The van der Waals surface area contributed by atoms with Crippen LogP contribution in [0.3, 0.4) is 0 Å². The van der Waals surface area contributed by atoms with Gasteiger partial charge in [-0.05, 0) is 36.8 Å². The number of carbonyl (C=O) groups excluding carboxylic acids is 1. The lowest BCUT2D eigenvalue weighted by Crippen LogP contribution is -2.24. The predicted molar refractivity (Wildman–Crippen MR) is 97.6 cm³/mol. The third-order valence-corrected chi connectivity index (χ3v) is 5.74. The van der Waals surface area contributed by atoms with Crippen molar-refractivity contribution in [2.24, 2.45) is 0 Å². The van der Waals surface area contributed by atoms with Crippen LogP contribution < -0.4 is 10.1 Å². The van der Waals surface area contributed by atoms with Crippen LogP contribution in [0.4, 0.5) is 18.9 Å². The second-order valence-corrected chi connectivity index (χ2v) is 8.22. The van der Waals surface area contributed by atoms with Crippen LogP contribution in [0.2, 0.25) is 0 Å². The minimum atomic E-state index is -4.61. The number of hydrogen-bond acceptors (Lipinski definition) is 4. The molecule has 0 saturated heterocycles. The quantitative estimate of drug-likeness (QED) is 0.784. The van der Waals surface area contributed by atoms with E-state index in [0.717, 1.165) is 16.4 Å². The first-order valence-corrected chi connectivity index (χ1v) is 9.49. The fraction of sp³-hybridized carbons (Fsp3) is 0.278. The van der Waals surface area contributed by atoms with Gasteiger partial charge in [0.1, 0.15) is 5.75 Å². The van der Waals surface area contributed by atoms with Crippen LogP contribution in [0.1, 0.15) is 11.1 Å². The van der Waals surface area contributed by atoms with Gasteiger partial charge in [0, 0.05) is 19.8 Å². The molecule has 152 valence electrons. The number of rotatable bonds is 6. The van der Waals surface area contributed by atoms with E-state index in [2.05, 4.69) is 5.32 Å². The highest BCUT2D eigenvalue weighted by molar-refractivity contribution is 7.89. The first kappa shape index (κ1) is 21.7. The second-order valence-electron chi connectivity index (χ2n) is 6.10. The summed E-state index contributed by atoms with van der Waals surface area (Å²) < 4.78 is 69.5. The Kier molecular flexibility index (Phi) is 6.35. The third kappa shape index (κ3) is 5.02.